The zero-order valence-electron chi connectivity index (χ0n) is 19.6. The molecule has 1 amide bonds. The summed E-state index contributed by atoms with van der Waals surface area (Å²) in [6, 6.07) is 29.5. The Morgan fingerprint density at radius 3 is 2.33 bits per heavy atom. The van der Waals surface area contributed by atoms with Crippen molar-refractivity contribution < 1.29 is 9.90 Å². The molecule has 2 heterocycles. The molecule has 2 aromatic heterocycles. The van der Waals surface area contributed by atoms with E-state index in [0.29, 0.717) is 25.2 Å². The lowest BCUT2D eigenvalue weighted by Crippen LogP contribution is -2.32. The van der Waals surface area contributed by atoms with E-state index < -0.39 is 6.09 Å². The van der Waals surface area contributed by atoms with Crippen molar-refractivity contribution in [1.29, 1.82) is 0 Å². The van der Waals surface area contributed by atoms with Gasteiger partial charge < -0.3 is 5.11 Å². The second-order valence-corrected chi connectivity index (χ2v) is 8.43. The van der Waals surface area contributed by atoms with Gasteiger partial charge in [0.2, 0.25) is 0 Å². The third-order valence-corrected chi connectivity index (χ3v) is 5.98. The Bertz CT molecular complexity index is 1440. The van der Waals surface area contributed by atoms with Crippen LogP contribution < -0.4 is 4.90 Å². The summed E-state index contributed by atoms with van der Waals surface area (Å²) in [7, 11) is 0. The van der Waals surface area contributed by atoms with Crippen LogP contribution in [-0.2, 0) is 13.0 Å². The largest absolute Gasteiger partial charge is 0.465 e. The van der Waals surface area contributed by atoms with Crippen molar-refractivity contribution in [1.82, 2.24) is 20.0 Å². The molecular weight excluding hydrogens is 450 g/mol. The summed E-state index contributed by atoms with van der Waals surface area (Å²) in [6.07, 6.45) is 4.96. The van der Waals surface area contributed by atoms with E-state index in [1.54, 1.807) is 17.1 Å². The molecule has 0 spiro atoms. The smallest absolute Gasteiger partial charge is 0.411 e. The average Bonchev–Trinajstić information content (AvgIpc) is 3.39. The third-order valence-electron chi connectivity index (χ3n) is 5.98. The van der Waals surface area contributed by atoms with E-state index in [0.717, 1.165) is 33.5 Å². The van der Waals surface area contributed by atoms with E-state index in [1.807, 2.05) is 97.2 Å². The van der Waals surface area contributed by atoms with E-state index in [9.17, 15) is 9.90 Å². The van der Waals surface area contributed by atoms with E-state index in [4.69, 9.17) is 0 Å². The molecule has 7 nitrogen and oxygen atoms in total. The van der Waals surface area contributed by atoms with Gasteiger partial charge in [-0.05, 0) is 41.3 Å². The molecule has 0 unspecified atom stereocenters. The summed E-state index contributed by atoms with van der Waals surface area (Å²) in [5.41, 5.74) is 6.12. The SMILES string of the molecule is O=C(O)N(CCc1ccccc1)c1cc(Cn2cc(-c3cccnc3)nn2)ccc1-c1ccccc1. The number of amides is 1. The Balaban J connectivity index is 1.47. The standard InChI is InChI=1S/C29H25N5O2/c35-29(36)34(17-15-22-8-3-1-4-9-22)28-18-23(13-14-26(28)24-10-5-2-6-11-24)20-33-21-27(31-32-33)25-12-7-16-30-19-25/h1-14,16,18-19,21H,15,17,20H2,(H,35,36). The van der Waals surface area contributed by atoms with Gasteiger partial charge in [0.15, 0.2) is 0 Å². The van der Waals surface area contributed by atoms with Crippen molar-refractivity contribution in [3.05, 3.63) is 121 Å². The normalized spacial score (nSPS) is 10.8. The highest BCUT2D eigenvalue weighted by Crippen LogP contribution is 2.33. The molecule has 0 saturated heterocycles. The molecule has 178 valence electrons. The molecule has 0 aliphatic rings. The van der Waals surface area contributed by atoms with Gasteiger partial charge in [0.1, 0.15) is 5.69 Å². The van der Waals surface area contributed by atoms with Gasteiger partial charge in [-0.2, -0.15) is 0 Å². The first-order valence-corrected chi connectivity index (χ1v) is 11.7. The van der Waals surface area contributed by atoms with E-state index in [-0.39, 0.29) is 0 Å². The van der Waals surface area contributed by atoms with Gasteiger partial charge in [0, 0.05) is 30.1 Å². The van der Waals surface area contributed by atoms with Crippen molar-refractivity contribution in [2.45, 2.75) is 13.0 Å². The lowest BCUT2D eigenvalue weighted by Gasteiger charge is -2.23. The first-order chi connectivity index (χ1) is 17.7. The number of pyridine rings is 1. The molecule has 0 fully saturated rings. The van der Waals surface area contributed by atoms with Crippen molar-refractivity contribution in [2.24, 2.45) is 0 Å². The number of hydrogen-bond donors (Lipinski definition) is 1. The molecule has 1 N–H and O–H groups in total. The topological polar surface area (TPSA) is 84.1 Å². The molecule has 5 rings (SSSR count). The first-order valence-electron chi connectivity index (χ1n) is 11.7. The summed E-state index contributed by atoms with van der Waals surface area (Å²) in [6.45, 7) is 0.804. The Kier molecular flexibility index (Phi) is 6.80. The number of rotatable bonds is 8. The number of hydrogen-bond acceptors (Lipinski definition) is 4. The zero-order chi connectivity index (χ0) is 24.7. The summed E-state index contributed by atoms with van der Waals surface area (Å²) in [4.78, 5) is 18.0. The van der Waals surface area contributed by atoms with Crippen LogP contribution in [0.3, 0.4) is 0 Å². The van der Waals surface area contributed by atoms with Gasteiger partial charge in [0.05, 0.1) is 18.4 Å². The minimum Gasteiger partial charge on any atom is -0.465 e. The molecule has 7 heteroatoms. The fourth-order valence-electron chi connectivity index (χ4n) is 4.17. The van der Waals surface area contributed by atoms with Gasteiger partial charge in [-0.25, -0.2) is 9.48 Å². The third kappa shape index (κ3) is 5.31. The van der Waals surface area contributed by atoms with Gasteiger partial charge >= 0.3 is 6.09 Å². The molecule has 0 atom stereocenters. The Labute approximate surface area is 209 Å². The maximum atomic E-state index is 12.4. The molecule has 0 bridgehead atoms. The number of nitrogens with zero attached hydrogens (tertiary/aromatic N) is 5. The number of aromatic nitrogens is 4. The Morgan fingerprint density at radius 1 is 0.861 bits per heavy atom. The number of benzene rings is 3. The lowest BCUT2D eigenvalue weighted by atomic mass is 10.00. The second kappa shape index (κ2) is 10.7. The molecular formula is C29H25N5O2. The molecule has 0 radical (unpaired) electrons. The average molecular weight is 476 g/mol. The molecule has 5 aromatic rings. The number of carboxylic acid groups (broad SMARTS) is 1. The van der Waals surface area contributed by atoms with Crippen molar-refractivity contribution >= 4 is 11.8 Å². The predicted octanol–water partition coefficient (Wildman–Crippen LogP) is 5.78. The van der Waals surface area contributed by atoms with Crippen LogP contribution in [0.1, 0.15) is 11.1 Å². The van der Waals surface area contributed by atoms with Crippen LogP contribution in [0.2, 0.25) is 0 Å². The van der Waals surface area contributed by atoms with Gasteiger partial charge in [-0.3, -0.25) is 9.88 Å². The van der Waals surface area contributed by atoms with Crippen LogP contribution in [0, 0.1) is 0 Å². The predicted molar refractivity (Wildman–Crippen MR) is 140 cm³/mol. The molecule has 3 aromatic carbocycles. The van der Waals surface area contributed by atoms with E-state index >= 15 is 0 Å². The van der Waals surface area contributed by atoms with Crippen LogP contribution in [0.4, 0.5) is 10.5 Å². The number of anilines is 1. The van der Waals surface area contributed by atoms with Crippen molar-refractivity contribution in [2.75, 3.05) is 11.4 Å². The fourth-order valence-corrected chi connectivity index (χ4v) is 4.17. The van der Waals surface area contributed by atoms with Crippen LogP contribution >= 0.6 is 0 Å². The lowest BCUT2D eigenvalue weighted by molar-refractivity contribution is 0.202. The monoisotopic (exact) mass is 475 g/mol. The highest BCUT2D eigenvalue weighted by molar-refractivity contribution is 5.93. The molecule has 0 aliphatic carbocycles. The summed E-state index contributed by atoms with van der Waals surface area (Å²) < 4.78 is 1.75. The van der Waals surface area contributed by atoms with Crippen LogP contribution in [0.25, 0.3) is 22.4 Å². The van der Waals surface area contributed by atoms with E-state index in [1.165, 1.54) is 4.90 Å². The molecule has 36 heavy (non-hydrogen) atoms. The van der Waals surface area contributed by atoms with Gasteiger partial charge in [0.25, 0.3) is 0 Å². The van der Waals surface area contributed by atoms with Crippen LogP contribution in [-0.4, -0.2) is 37.7 Å². The Morgan fingerprint density at radius 2 is 1.61 bits per heavy atom. The van der Waals surface area contributed by atoms with Crippen molar-refractivity contribution in [3.8, 4) is 22.4 Å². The summed E-state index contributed by atoms with van der Waals surface area (Å²) in [5.74, 6) is 0. The number of carbonyl (C=O) groups is 1. The molecule has 0 saturated carbocycles. The zero-order valence-corrected chi connectivity index (χ0v) is 19.6. The Hall–Kier alpha value is -4.78. The highest BCUT2D eigenvalue weighted by Gasteiger charge is 2.20. The molecule has 0 aliphatic heterocycles. The second-order valence-electron chi connectivity index (χ2n) is 8.43. The van der Waals surface area contributed by atoms with Crippen molar-refractivity contribution in [3.63, 3.8) is 0 Å². The minimum atomic E-state index is -0.986. The maximum Gasteiger partial charge on any atom is 0.411 e. The quantitative estimate of drug-likeness (QED) is 0.307. The van der Waals surface area contributed by atoms with E-state index in [2.05, 4.69) is 15.3 Å². The first kappa shape index (κ1) is 23.0. The maximum absolute atomic E-state index is 12.4. The van der Waals surface area contributed by atoms with Crippen LogP contribution in [0.5, 0.6) is 0 Å². The fraction of sp³-hybridized carbons (Fsp3) is 0.103. The summed E-state index contributed by atoms with van der Waals surface area (Å²) in [5, 5.41) is 18.7. The highest BCUT2D eigenvalue weighted by atomic mass is 16.4. The van der Waals surface area contributed by atoms with Gasteiger partial charge in [-0.1, -0.05) is 78.0 Å². The van der Waals surface area contributed by atoms with Crippen LogP contribution in [0.15, 0.2) is 110 Å². The summed E-state index contributed by atoms with van der Waals surface area (Å²) >= 11 is 0. The minimum absolute atomic E-state index is 0.344. The van der Waals surface area contributed by atoms with Gasteiger partial charge in [-0.15, -0.1) is 5.10 Å².